The van der Waals surface area contributed by atoms with Crippen LogP contribution in [0.3, 0.4) is 0 Å². The van der Waals surface area contributed by atoms with Crippen LogP contribution < -0.4 is 10.1 Å². The van der Waals surface area contributed by atoms with Crippen LogP contribution in [0.4, 0.5) is 9.18 Å². The molecule has 2 N–H and O–H groups in total. The maximum atomic E-state index is 13.1. The molecule has 0 radical (unpaired) electrons. The zero-order chi connectivity index (χ0) is 12.0. The topological polar surface area (TPSA) is 58.6 Å². The predicted octanol–water partition coefficient (Wildman–Crippen LogP) is 2.32. The number of nitrogens with one attached hydrogen (secondary N) is 1. The molecule has 0 aliphatic heterocycles. The van der Waals surface area contributed by atoms with Crippen LogP contribution in [-0.2, 0) is 0 Å². The average Bonchev–Trinajstić information content (AvgIpc) is 2.23. The van der Waals surface area contributed by atoms with Gasteiger partial charge in [-0.3, -0.25) is 0 Å². The van der Waals surface area contributed by atoms with E-state index in [0.29, 0.717) is 10.8 Å². The molecule has 0 aliphatic carbocycles. The van der Waals surface area contributed by atoms with Gasteiger partial charge in [-0.05, 0) is 18.2 Å². The summed E-state index contributed by atoms with van der Waals surface area (Å²) in [5.41, 5.74) is 0. The summed E-state index contributed by atoms with van der Waals surface area (Å²) in [5.74, 6) is 0.450. The first kappa shape index (κ1) is 12.6. The molecule has 0 aromatic heterocycles. The monoisotopic (exact) mass is 247 g/mol. The summed E-state index contributed by atoms with van der Waals surface area (Å²) in [6, 6.07) is 6.55. The summed E-state index contributed by atoms with van der Waals surface area (Å²) < 4.78 is 18.2. The lowest BCUT2D eigenvalue weighted by molar-refractivity contribution is 0.172. The quantitative estimate of drug-likeness (QED) is 0.840. The lowest BCUT2D eigenvalue weighted by Crippen LogP contribution is -2.31. The largest absolute Gasteiger partial charge is 0.490 e. The highest BCUT2D eigenvalue weighted by Gasteiger charge is 2.08. The Balaban J connectivity index is 2.31. The van der Waals surface area contributed by atoms with Crippen LogP contribution >= 0.6 is 11.6 Å². The van der Waals surface area contributed by atoms with Gasteiger partial charge in [0.1, 0.15) is 12.4 Å². The number of alkyl halides is 1. The molecule has 0 fully saturated rings. The van der Waals surface area contributed by atoms with Crippen molar-refractivity contribution < 1.29 is 19.0 Å². The van der Waals surface area contributed by atoms with Crippen LogP contribution in [0.2, 0.25) is 5.02 Å². The number of carbonyl (C=O) groups is 1. The molecule has 0 saturated carbocycles. The summed E-state index contributed by atoms with van der Waals surface area (Å²) in [5, 5.41) is 10.7. The van der Waals surface area contributed by atoms with Gasteiger partial charge in [-0.1, -0.05) is 17.7 Å². The van der Waals surface area contributed by atoms with Gasteiger partial charge in [-0.15, -0.1) is 0 Å². The van der Waals surface area contributed by atoms with E-state index in [1.54, 1.807) is 24.3 Å². The number of benzene rings is 1. The summed E-state index contributed by atoms with van der Waals surface area (Å²) in [4.78, 5) is 10.1. The SMILES string of the molecule is O=C(O)NCC(F)COc1cccc(Cl)c1. The van der Waals surface area contributed by atoms with Crippen molar-refractivity contribution in [3.05, 3.63) is 29.3 Å². The lowest BCUT2D eigenvalue weighted by atomic mass is 10.3. The van der Waals surface area contributed by atoms with Crippen LogP contribution in [0.1, 0.15) is 0 Å². The van der Waals surface area contributed by atoms with Crippen molar-refractivity contribution in [2.24, 2.45) is 0 Å². The van der Waals surface area contributed by atoms with Crippen LogP contribution in [0.15, 0.2) is 24.3 Å². The molecule has 1 rings (SSSR count). The van der Waals surface area contributed by atoms with Crippen molar-refractivity contribution in [3.8, 4) is 5.75 Å². The van der Waals surface area contributed by atoms with Gasteiger partial charge in [0, 0.05) is 5.02 Å². The molecule has 0 aliphatic rings. The fourth-order valence-corrected chi connectivity index (χ4v) is 1.18. The molecule has 0 bridgehead atoms. The van der Waals surface area contributed by atoms with E-state index in [1.807, 2.05) is 5.32 Å². The van der Waals surface area contributed by atoms with E-state index < -0.39 is 12.3 Å². The predicted molar refractivity (Wildman–Crippen MR) is 57.9 cm³/mol. The first-order valence-electron chi connectivity index (χ1n) is 4.57. The van der Waals surface area contributed by atoms with E-state index >= 15 is 0 Å². The van der Waals surface area contributed by atoms with Gasteiger partial charge in [0.15, 0.2) is 6.17 Å². The van der Waals surface area contributed by atoms with Gasteiger partial charge in [-0.2, -0.15) is 0 Å². The van der Waals surface area contributed by atoms with Crippen molar-refractivity contribution in [2.75, 3.05) is 13.2 Å². The molecule has 6 heteroatoms. The third-order valence-electron chi connectivity index (χ3n) is 1.70. The van der Waals surface area contributed by atoms with E-state index in [2.05, 4.69) is 0 Å². The van der Waals surface area contributed by atoms with E-state index in [1.165, 1.54) is 0 Å². The van der Waals surface area contributed by atoms with Crippen molar-refractivity contribution in [1.82, 2.24) is 5.32 Å². The molecule has 1 atom stereocenters. The van der Waals surface area contributed by atoms with Crippen molar-refractivity contribution >= 4 is 17.7 Å². The minimum atomic E-state index is -1.39. The van der Waals surface area contributed by atoms with Gasteiger partial charge in [0.25, 0.3) is 0 Å². The molecule has 16 heavy (non-hydrogen) atoms. The Bertz CT molecular complexity index is 362. The van der Waals surface area contributed by atoms with Crippen molar-refractivity contribution in [1.29, 1.82) is 0 Å². The second-order valence-corrected chi connectivity index (χ2v) is 3.49. The second-order valence-electron chi connectivity index (χ2n) is 3.05. The van der Waals surface area contributed by atoms with Crippen LogP contribution in [0.5, 0.6) is 5.75 Å². The average molecular weight is 248 g/mol. The zero-order valence-electron chi connectivity index (χ0n) is 8.32. The highest BCUT2D eigenvalue weighted by atomic mass is 35.5. The van der Waals surface area contributed by atoms with E-state index in [0.717, 1.165) is 0 Å². The Morgan fingerprint density at radius 3 is 3.00 bits per heavy atom. The third kappa shape index (κ3) is 4.84. The first-order chi connectivity index (χ1) is 7.58. The summed E-state index contributed by atoms with van der Waals surface area (Å²) in [7, 11) is 0. The highest BCUT2D eigenvalue weighted by Crippen LogP contribution is 2.17. The molecule has 88 valence electrons. The van der Waals surface area contributed by atoms with Gasteiger partial charge < -0.3 is 15.2 Å². The molecule has 4 nitrogen and oxygen atoms in total. The summed E-state index contributed by atoms with van der Waals surface area (Å²) >= 11 is 5.70. The van der Waals surface area contributed by atoms with Crippen molar-refractivity contribution in [3.63, 3.8) is 0 Å². The molecular formula is C10H11ClFNO3. The normalized spacial score (nSPS) is 11.9. The second kappa shape index (κ2) is 6.17. The molecule has 1 unspecified atom stereocenters. The van der Waals surface area contributed by atoms with E-state index in [9.17, 15) is 9.18 Å². The number of carboxylic acid groups (broad SMARTS) is 1. The Morgan fingerprint density at radius 1 is 1.62 bits per heavy atom. The van der Waals surface area contributed by atoms with Gasteiger partial charge in [0.2, 0.25) is 0 Å². The first-order valence-corrected chi connectivity index (χ1v) is 4.95. The molecule has 0 spiro atoms. The van der Waals surface area contributed by atoms with E-state index in [4.69, 9.17) is 21.4 Å². The third-order valence-corrected chi connectivity index (χ3v) is 1.94. The summed E-state index contributed by atoms with van der Waals surface area (Å²) in [6.07, 6.45) is -2.65. The van der Waals surface area contributed by atoms with Gasteiger partial charge in [-0.25, -0.2) is 9.18 Å². The van der Waals surface area contributed by atoms with Crippen LogP contribution in [0.25, 0.3) is 0 Å². The van der Waals surface area contributed by atoms with Gasteiger partial charge in [0.05, 0.1) is 6.54 Å². The Labute approximate surface area is 97.0 Å². The fourth-order valence-electron chi connectivity index (χ4n) is 1.00. The van der Waals surface area contributed by atoms with Crippen molar-refractivity contribution in [2.45, 2.75) is 6.17 Å². The Hall–Kier alpha value is -1.49. The summed E-state index contributed by atoms with van der Waals surface area (Å²) in [6.45, 7) is -0.517. The van der Waals surface area contributed by atoms with Gasteiger partial charge >= 0.3 is 6.09 Å². The lowest BCUT2D eigenvalue weighted by Gasteiger charge is -2.10. The number of halogens is 2. The maximum Gasteiger partial charge on any atom is 0.404 e. The smallest absolute Gasteiger partial charge is 0.404 e. The van der Waals surface area contributed by atoms with E-state index in [-0.39, 0.29) is 13.2 Å². The fraction of sp³-hybridized carbons (Fsp3) is 0.300. The number of rotatable bonds is 5. The Kier molecular flexibility index (Phi) is 4.85. The number of ether oxygens (including phenoxy) is 1. The van der Waals surface area contributed by atoms with Crippen LogP contribution in [-0.4, -0.2) is 30.5 Å². The van der Waals surface area contributed by atoms with Crippen LogP contribution in [0, 0.1) is 0 Å². The standard InChI is InChI=1S/C10H11ClFNO3/c11-7-2-1-3-9(4-7)16-6-8(12)5-13-10(14)15/h1-4,8,13H,5-6H2,(H,14,15). The maximum absolute atomic E-state index is 13.1. The molecular weight excluding hydrogens is 237 g/mol. The highest BCUT2D eigenvalue weighted by molar-refractivity contribution is 6.30. The molecule has 1 aromatic rings. The zero-order valence-corrected chi connectivity index (χ0v) is 9.08. The molecule has 1 amide bonds. The number of hydrogen-bond acceptors (Lipinski definition) is 2. The number of hydrogen-bond donors (Lipinski definition) is 2. The Morgan fingerprint density at radius 2 is 2.38 bits per heavy atom. The minimum Gasteiger partial charge on any atom is -0.490 e. The molecule has 1 aromatic carbocycles. The molecule has 0 saturated heterocycles. The molecule has 0 heterocycles. The minimum absolute atomic E-state index is 0.222. The number of amides is 1.